The van der Waals surface area contributed by atoms with Crippen molar-refractivity contribution in [2.24, 2.45) is 5.92 Å². The fourth-order valence-electron chi connectivity index (χ4n) is 2.48. The molecule has 1 unspecified atom stereocenters. The molecule has 1 aliphatic rings. The molecule has 1 atom stereocenters. The Bertz CT molecular complexity index is 366. The van der Waals surface area contributed by atoms with Crippen molar-refractivity contribution in [3.63, 3.8) is 0 Å². The van der Waals surface area contributed by atoms with Crippen LogP contribution in [0.25, 0.3) is 0 Å². The van der Waals surface area contributed by atoms with Gasteiger partial charge in [0.2, 0.25) is 0 Å². The van der Waals surface area contributed by atoms with Crippen molar-refractivity contribution in [3.05, 3.63) is 35.9 Å². The Balaban J connectivity index is 1.85. The van der Waals surface area contributed by atoms with Crippen molar-refractivity contribution in [1.82, 2.24) is 5.32 Å². The third kappa shape index (κ3) is 4.23. The number of nitrogens with one attached hydrogen (secondary N) is 1. The summed E-state index contributed by atoms with van der Waals surface area (Å²) in [6.07, 6.45) is 3.66. The van der Waals surface area contributed by atoms with E-state index < -0.39 is 0 Å². The predicted molar refractivity (Wildman–Crippen MR) is 83.4 cm³/mol. The van der Waals surface area contributed by atoms with E-state index in [1.807, 2.05) is 11.8 Å². The van der Waals surface area contributed by atoms with Gasteiger partial charge in [0.25, 0.3) is 0 Å². The highest BCUT2D eigenvalue weighted by Crippen LogP contribution is 2.41. The Kier molecular flexibility index (Phi) is 5.74. The third-order valence-corrected chi connectivity index (χ3v) is 5.10. The van der Waals surface area contributed by atoms with Crippen LogP contribution in [0.5, 0.6) is 0 Å². The Morgan fingerprint density at radius 2 is 2.05 bits per heavy atom. The van der Waals surface area contributed by atoms with E-state index in [9.17, 15) is 5.11 Å². The SMILES string of the molecule is CCCNC(CO)(CSCc1ccccc1)C1CC1. The van der Waals surface area contributed by atoms with E-state index in [4.69, 9.17) is 0 Å². The highest BCUT2D eigenvalue weighted by Gasteiger charge is 2.44. The van der Waals surface area contributed by atoms with Crippen LogP contribution >= 0.6 is 11.8 Å². The molecule has 1 saturated carbocycles. The number of hydrogen-bond donors (Lipinski definition) is 2. The molecule has 2 N–H and O–H groups in total. The van der Waals surface area contributed by atoms with Crippen LogP contribution in [0.15, 0.2) is 30.3 Å². The molecule has 0 heterocycles. The lowest BCUT2D eigenvalue weighted by Crippen LogP contribution is -2.53. The van der Waals surface area contributed by atoms with Gasteiger partial charge in [-0.1, -0.05) is 37.3 Å². The van der Waals surface area contributed by atoms with Gasteiger partial charge in [0.15, 0.2) is 0 Å². The second-order valence-corrected chi connectivity index (χ2v) is 6.48. The molecule has 106 valence electrons. The first-order chi connectivity index (χ1) is 9.30. The first kappa shape index (κ1) is 14.9. The van der Waals surface area contributed by atoms with Gasteiger partial charge < -0.3 is 10.4 Å². The molecule has 1 fully saturated rings. The topological polar surface area (TPSA) is 32.3 Å². The molecular formula is C16H25NOS. The van der Waals surface area contributed by atoms with Crippen LogP contribution in [-0.4, -0.2) is 29.5 Å². The standard InChI is InChI=1S/C16H25NOS/c1-2-10-17-16(12-18,15-8-9-15)13-19-11-14-6-4-3-5-7-14/h3-7,15,17-18H,2,8-13H2,1H3. The minimum Gasteiger partial charge on any atom is -0.394 e. The third-order valence-electron chi connectivity index (χ3n) is 3.84. The molecule has 0 amide bonds. The number of thioether (sulfide) groups is 1. The van der Waals surface area contributed by atoms with E-state index in [1.165, 1.54) is 18.4 Å². The number of rotatable bonds is 9. The lowest BCUT2D eigenvalue weighted by atomic mass is 9.96. The number of hydrogen-bond acceptors (Lipinski definition) is 3. The normalized spacial score (nSPS) is 18.2. The highest BCUT2D eigenvalue weighted by atomic mass is 32.2. The van der Waals surface area contributed by atoms with Gasteiger partial charge in [-0.3, -0.25) is 0 Å². The zero-order valence-corrected chi connectivity index (χ0v) is 12.6. The van der Waals surface area contributed by atoms with Crippen LogP contribution < -0.4 is 5.32 Å². The van der Waals surface area contributed by atoms with Gasteiger partial charge in [-0.05, 0) is 37.3 Å². The molecule has 3 heteroatoms. The summed E-state index contributed by atoms with van der Waals surface area (Å²) < 4.78 is 0. The zero-order chi connectivity index (χ0) is 13.6. The van der Waals surface area contributed by atoms with Gasteiger partial charge in [-0.15, -0.1) is 0 Å². The number of aliphatic hydroxyl groups is 1. The van der Waals surface area contributed by atoms with Crippen molar-refractivity contribution < 1.29 is 5.11 Å². The average molecular weight is 279 g/mol. The largest absolute Gasteiger partial charge is 0.394 e. The van der Waals surface area contributed by atoms with Crippen LogP contribution in [-0.2, 0) is 5.75 Å². The van der Waals surface area contributed by atoms with Crippen molar-refractivity contribution in [1.29, 1.82) is 0 Å². The van der Waals surface area contributed by atoms with Gasteiger partial charge in [-0.25, -0.2) is 0 Å². The van der Waals surface area contributed by atoms with Crippen molar-refractivity contribution in [3.8, 4) is 0 Å². The molecule has 2 rings (SSSR count). The Morgan fingerprint density at radius 3 is 2.63 bits per heavy atom. The predicted octanol–water partition coefficient (Wildman–Crippen LogP) is 3.06. The maximum absolute atomic E-state index is 9.83. The van der Waals surface area contributed by atoms with E-state index in [0.717, 1.165) is 24.5 Å². The van der Waals surface area contributed by atoms with Gasteiger partial charge in [0, 0.05) is 11.5 Å². The lowest BCUT2D eigenvalue weighted by molar-refractivity contribution is 0.159. The molecular weight excluding hydrogens is 254 g/mol. The molecule has 1 aromatic carbocycles. The minimum atomic E-state index is -0.0462. The number of aliphatic hydroxyl groups excluding tert-OH is 1. The zero-order valence-electron chi connectivity index (χ0n) is 11.8. The maximum Gasteiger partial charge on any atom is 0.0624 e. The van der Waals surface area contributed by atoms with Gasteiger partial charge in [0.05, 0.1) is 12.1 Å². The summed E-state index contributed by atoms with van der Waals surface area (Å²) in [7, 11) is 0. The molecule has 0 spiro atoms. The van der Waals surface area contributed by atoms with Crippen LogP contribution in [0.1, 0.15) is 31.7 Å². The van der Waals surface area contributed by atoms with Crippen LogP contribution in [0, 0.1) is 5.92 Å². The molecule has 0 radical (unpaired) electrons. The summed E-state index contributed by atoms with van der Waals surface area (Å²) in [6, 6.07) is 10.6. The van der Waals surface area contributed by atoms with Crippen molar-refractivity contribution in [2.45, 2.75) is 37.5 Å². The highest BCUT2D eigenvalue weighted by molar-refractivity contribution is 7.98. The average Bonchev–Trinajstić information content (AvgIpc) is 3.29. The summed E-state index contributed by atoms with van der Waals surface area (Å²) >= 11 is 1.93. The Hall–Kier alpha value is -0.510. The van der Waals surface area contributed by atoms with E-state index in [2.05, 4.69) is 42.6 Å². The smallest absolute Gasteiger partial charge is 0.0624 e. The first-order valence-electron chi connectivity index (χ1n) is 7.28. The quantitative estimate of drug-likeness (QED) is 0.728. The summed E-state index contributed by atoms with van der Waals surface area (Å²) in [5.41, 5.74) is 1.32. The van der Waals surface area contributed by atoms with Gasteiger partial charge >= 0.3 is 0 Å². The molecule has 1 aromatic rings. The monoisotopic (exact) mass is 279 g/mol. The van der Waals surface area contributed by atoms with Crippen molar-refractivity contribution in [2.75, 3.05) is 18.9 Å². The lowest BCUT2D eigenvalue weighted by Gasteiger charge is -2.33. The van der Waals surface area contributed by atoms with Crippen LogP contribution in [0.3, 0.4) is 0 Å². The molecule has 1 aliphatic carbocycles. The fourth-order valence-corrected chi connectivity index (χ4v) is 3.80. The second kappa shape index (κ2) is 7.32. The fraction of sp³-hybridized carbons (Fsp3) is 0.625. The molecule has 0 aliphatic heterocycles. The van der Waals surface area contributed by atoms with E-state index in [-0.39, 0.29) is 12.1 Å². The molecule has 0 saturated heterocycles. The summed E-state index contributed by atoms with van der Waals surface area (Å²) in [4.78, 5) is 0. The Morgan fingerprint density at radius 1 is 1.32 bits per heavy atom. The summed E-state index contributed by atoms with van der Waals surface area (Å²) in [5.74, 6) is 2.71. The van der Waals surface area contributed by atoms with Crippen molar-refractivity contribution >= 4 is 11.8 Å². The molecule has 19 heavy (non-hydrogen) atoms. The summed E-state index contributed by atoms with van der Waals surface area (Å²) in [5, 5.41) is 13.4. The first-order valence-corrected chi connectivity index (χ1v) is 8.44. The van der Waals surface area contributed by atoms with Crippen LogP contribution in [0.4, 0.5) is 0 Å². The van der Waals surface area contributed by atoms with E-state index in [1.54, 1.807) is 0 Å². The second-order valence-electron chi connectivity index (χ2n) is 5.49. The molecule has 0 bridgehead atoms. The maximum atomic E-state index is 9.83. The Labute approximate surface area is 121 Å². The van der Waals surface area contributed by atoms with E-state index in [0.29, 0.717) is 5.92 Å². The van der Waals surface area contributed by atoms with Gasteiger partial charge in [0.1, 0.15) is 0 Å². The van der Waals surface area contributed by atoms with E-state index >= 15 is 0 Å². The number of benzene rings is 1. The molecule has 0 aromatic heterocycles. The molecule has 2 nitrogen and oxygen atoms in total. The minimum absolute atomic E-state index is 0.0462. The van der Waals surface area contributed by atoms with Crippen LogP contribution in [0.2, 0.25) is 0 Å². The van der Waals surface area contributed by atoms with Gasteiger partial charge in [-0.2, -0.15) is 11.8 Å². The summed E-state index contributed by atoms with van der Waals surface area (Å²) in [6.45, 7) is 3.45.